The Bertz CT molecular complexity index is 1210. The Morgan fingerprint density at radius 2 is 2.09 bits per heavy atom. The van der Waals surface area contributed by atoms with E-state index in [0.29, 0.717) is 17.8 Å². The number of aliphatic hydroxyl groups is 1. The van der Waals surface area contributed by atoms with Crippen LogP contribution in [0.1, 0.15) is 21.5 Å². The fourth-order valence-electron chi connectivity index (χ4n) is 3.91. The molecule has 4 rings (SSSR count). The van der Waals surface area contributed by atoms with E-state index in [0.717, 1.165) is 10.5 Å². The number of benzene rings is 2. The fraction of sp³-hybridized carbons (Fsp3) is 0.273. The van der Waals surface area contributed by atoms with Crippen LogP contribution in [0.2, 0.25) is 0 Å². The van der Waals surface area contributed by atoms with Gasteiger partial charge in [-0.05, 0) is 35.9 Å². The summed E-state index contributed by atoms with van der Waals surface area (Å²) in [7, 11) is 0. The number of halogens is 2. The number of hydrogen-bond donors (Lipinski definition) is 5. The van der Waals surface area contributed by atoms with Crippen molar-refractivity contribution in [3.8, 4) is 5.75 Å². The standard InChI is InChI=1S/C22H21F2N5O6/c23-22(24)35-16-13(19(26)31)2-1-3-14(16)29-6-7-34-17(21(29)33)15(30)20(32)28-11-4-5-12-10(8-11)9-27-18(12)25/h1-5,8,15,17,22,30H,6-7,9H2,(H2,25,27)(H2,26,31)(H,28,32)/t15-,17?/m1/s1. The SMILES string of the molecule is N=C1NCc2cc(NC(=O)[C@H](O)C3OCCN(c4cccc(C(N)=O)c4OC(F)F)C3=O)ccc21. The zero-order valence-corrected chi connectivity index (χ0v) is 18.1. The molecule has 0 saturated carbocycles. The molecule has 11 nitrogen and oxygen atoms in total. The zero-order valence-electron chi connectivity index (χ0n) is 18.1. The summed E-state index contributed by atoms with van der Waals surface area (Å²) in [5.41, 5.74) is 6.51. The monoisotopic (exact) mass is 489 g/mol. The van der Waals surface area contributed by atoms with Crippen LogP contribution in [0.25, 0.3) is 0 Å². The predicted molar refractivity (Wildman–Crippen MR) is 118 cm³/mol. The van der Waals surface area contributed by atoms with E-state index in [2.05, 4.69) is 15.4 Å². The van der Waals surface area contributed by atoms with Crippen LogP contribution in [0, 0.1) is 5.41 Å². The topological polar surface area (TPSA) is 167 Å². The number of morpholine rings is 1. The number of rotatable bonds is 7. The Morgan fingerprint density at radius 1 is 1.31 bits per heavy atom. The van der Waals surface area contributed by atoms with Crippen molar-refractivity contribution in [2.24, 2.45) is 5.73 Å². The van der Waals surface area contributed by atoms with E-state index in [1.54, 1.807) is 18.2 Å². The quantitative estimate of drug-likeness (QED) is 0.378. The van der Waals surface area contributed by atoms with Crippen LogP contribution >= 0.6 is 0 Å². The Balaban J connectivity index is 1.54. The fourth-order valence-corrected chi connectivity index (χ4v) is 3.91. The van der Waals surface area contributed by atoms with Crippen LogP contribution in [-0.4, -0.2) is 60.6 Å². The number of nitrogens with two attached hydrogens (primary N) is 1. The number of hydrogen-bond acceptors (Lipinski definition) is 7. The van der Waals surface area contributed by atoms with Gasteiger partial charge in [0.25, 0.3) is 17.7 Å². The van der Waals surface area contributed by atoms with Gasteiger partial charge in [0.05, 0.1) is 17.9 Å². The maximum absolute atomic E-state index is 13.1. The third kappa shape index (κ3) is 4.76. The summed E-state index contributed by atoms with van der Waals surface area (Å²) in [6.45, 7) is -3.14. The van der Waals surface area contributed by atoms with Crippen LogP contribution in [-0.2, 0) is 20.9 Å². The lowest BCUT2D eigenvalue weighted by Crippen LogP contribution is -2.55. The summed E-state index contributed by atoms with van der Waals surface area (Å²) in [5.74, 6) is -3.21. The van der Waals surface area contributed by atoms with Crippen molar-refractivity contribution >= 4 is 34.9 Å². The van der Waals surface area contributed by atoms with Crippen molar-refractivity contribution in [2.45, 2.75) is 25.4 Å². The van der Waals surface area contributed by atoms with Gasteiger partial charge in [0.15, 0.2) is 18.0 Å². The Morgan fingerprint density at radius 3 is 2.80 bits per heavy atom. The van der Waals surface area contributed by atoms with Crippen molar-refractivity contribution in [1.29, 1.82) is 5.41 Å². The highest BCUT2D eigenvalue weighted by molar-refractivity contribution is 6.06. The first kappa shape index (κ1) is 24.0. The van der Waals surface area contributed by atoms with Crippen molar-refractivity contribution < 1.29 is 37.7 Å². The van der Waals surface area contributed by atoms with E-state index in [4.69, 9.17) is 15.9 Å². The molecule has 2 aliphatic heterocycles. The Kier molecular flexibility index (Phi) is 6.62. The molecule has 0 aliphatic carbocycles. The highest BCUT2D eigenvalue weighted by atomic mass is 19.3. The molecule has 13 heteroatoms. The van der Waals surface area contributed by atoms with Gasteiger partial charge in [-0.15, -0.1) is 0 Å². The summed E-state index contributed by atoms with van der Waals surface area (Å²) < 4.78 is 35.8. The van der Waals surface area contributed by atoms with Gasteiger partial charge >= 0.3 is 6.61 Å². The number of carbonyl (C=O) groups is 3. The van der Waals surface area contributed by atoms with Crippen LogP contribution in [0.4, 0.5) is 20.2 Å². The van der Waals surface area contributed by atoms with Crippen molar-refractivity contribution in [3.05, 3.63) is 53.1 Å². The number of ether oxygens (including phenoxy) is 2. The smallest absolute Gasteiger partial charge is 0.387 e. The van der Waals surface area contributed by atoms with Gasteiger partial charge in [0, 0.05) is 24.3 Å². The van der Waals surface area contributed by atoms with Gasteiger partial charge < -0.3 is 35.8 Å². The number of carbonyl (C=O) groups excluding carboxylic acids is 3. The lowest BCUT2D eigenvalue weighted by Gasteiger charge is -2.35. The first-order chi connectivity index (χ1) is 16.7. The second-order valence-corrected chi connectivity index (χ2v) is 7.71. The van der Waals surface area contributed by atoms with E-state index in [9.17, 15) is 28.3 Å². The molecule has 2 aromatic rings. The molecule has 2 aromatic carbocycles. The van der Waals surface area contributed by atoms with E-state index in [1.165, 1.54) is 18.2 Å². The van der Waals surface area contributed by atoms with E-state index < -0.39 is 42.3 Å². The molecule has 1 fully saturated rings. The summed E-state index contributed by atoms with van der Waals surface area (Å²) >= 11 is 0. The lowest BCUT2D eigenvalue weighted by atomic mass is 10.1. The highest BCUT2D eigenvalue weighted by Gasteiger charge is 2.40. The molecule has 0 radical (unpaired) electrons. The molecule has 2 aliphatic rings. The molecule has 1 saturated heterocycles. The van der Waals surface area contributed by atoms with Gasteiger partial charge in [0.1, 0.15) is 5.84 Å². The first-order valence-electron chi connectivity index (χ1n) is 10.4. The molecule has 184 valence electrons. The zero-order chi connectivity index (χ0) is 25.3. The second-order valence-electron chi connectivity index (χ2n) is 7.71. The number of amides is 3. The molecule has 6 N–H and O–H groups in total. The highest BCUT2D eigenvalue weighted by Crippen LogP contribution is 2.35. The molecule has 2 atom stereocenters. The maximum atomic E-state index is 13.1. The minimum absolute atomic E-state index is 0.116. The molecule has 1 unspecified atom stereocenters. The molecule has 0 spiro atoms. The molecular formula is C22H21F2N5O6. The number of para-hydroxylation sites is 1. The summed E-state index contributed by atoms with van der Waals surface area (Å²) in [5, 5.41) is 23.7. The number of aliphatic hydroxyl groups excluding tert-OH is 1. The molecule has 3 amide bonds. The van der Waals surface area contributed by atoms with Gasteiger partial charge in [-0.25, -0.2) is 0 Å². The van der Waals surface area contributed by atoms with Gasteiger partial charge in [-0.2, -0.15) is 8.78 Å². The summed E-state index contributed by atoms with van der Waals surface area (Å²) in [6.07, 6.45) is -3.58. The lowest BCUT2D eigenvalue weighted by molar-refractivity contribution is -0.150. The number of fused-ring (bicyclic) bond motifs is 1. The van der Waals surface area contributed by atoms with E-state index in [-0.39, 0.29) is 30.2 Å². The molecule has 35 heavy (non-hydrogen) atoms. The van der Waals surface area contributed by atoms with Crippen LogP contribution in [0.5, 0.6) is 5.75 Å². The summed E-state index contributed by atoms with van der Waals surface area (Å²) in [4.78, 5) is 38.5. The molecule has 0 bridgehead atoms. The van der Waals surface area contributed by atoms with Crippen LogP contribution < -0.4 is 26.0 Å². The number of nitrogens with one attached hydrogen (secondary N) is 3. The van der Waals surface area contributed by atoms with Crippen LogP contribution in [0.15, 0.2) is 36.4 Å². The maximum Gasteiger partial charge on any atom is 0.387 e. The predicted octanol–water partition coefficient (Wildman–Crippen LogP) is 0.547. The number of nitrogens with zero attached hydrogens (tertiary/aromatic N) is 1. The number of primary amides is 1. The number of alkyl halides is 2. The minimum atomic E-state index is -3.30. The summed E-state index contributed by atoms with van der Waals surface area (Å²) in [6, 6.07) is 8.59. The first-order valence-corrected chi connectivity index (χ1v) is 10.4. The van der Waals surface area contributed by atoms with Crippen molar-refractivity contribution in [3.63, 3.8) is 0 Å². The number of amidine groups is 1. The average Bonchev–Trinajstić information content (AvgIpc) is 3.18. The van der Waals surface area contributed by atoms with Crippen molar-refractivity contribution in [2.75, 3.05) is 23.4 Å². The second kappa shape index (κ2) is 9.64. The molecular weight excluding hydrogens is 468 g/mol. The molecule has 2 heterocycles. The average molecular weight is 489 g/mol. The van der Waals surface area contributed by atoms with E-state index in [1.807, 2.05) is 0 Å². The van der Waals surface area contributed by atoms with E-state index >= 15 is 0 Å². The van der Waals surface area contributed by atoms with Gasteiger partial charge in [-0.1, -0.05) is 6.07 Å². The van der Waals surface area contributed by atoms with Gasteiger partial charge in [-0.3, -0.25) is 19.8 Å². The van der Waals surface area contributed by atoms with Crippen LogP contribution in [0.3, 0.4) is 0 Å². The largest absolute Gasteiger partial charge is 0.432 e. The third-order valence-corrected chi connectivity index (χ3v) is 5.53. The Labute approximate surface area is 197 Å². The van der Waals surface area contributed by atoms with Crippen molar-refractivity contribution in [1.82, 2.24) is 5.32 Å². The minimum Gasteiger partial charge on any atom is -0.432 e. The Hall–Kier alpha value is -4.10. The molecule has 0 aromatic heterocycles. The van der Waals surface area contributed by atoms with Gasteiger partial charge in [0.2, 0.25) is 0 Å². The normalized spacial score (nSPS) is 18.2. The third-order valence-electron chi connectivity index (χ3n) is 5.53. The number of anilines is 2.